The fourth-order valence-electron chi connectivity index (χ4n) is 1.70. The van der Waals surface area contributed by atoms with Crippen LogP contribution in [0.25, 0.3) is 5.70 Å². The van der Waals surface area contributed by atoms with Gasteiger partial charge in [-0.3, -0.25) is 4.79 Å². The van der Waals surface area contributed by atoms with E-state index in [4.69, 9.17) is 10.5 Å². The Labute approximate surface area is 121 Å². The van der Waals surface area contributed by atoms with Crippen molar-refractivity contribution in [3.8, 4) is 5.75 Å². The van der Waals surface area contributed by atoms with Gasteiger partial charge in [0.2, 0.25) is 5.91 Å². The summed E-state index contributed by atoms with van der Waals surface area (Å²) < 4.78 is 6.16. The molecule has 19 heavy (non-hydrogen) atoms. The number of carbonyl (C=O) groups excluding carboxylic acids is 1. The fraction of sp³-hybridized carbons (Fsp3) is 0.308. The van der Waals surface area contributed by atoms with Crippen LogP contribution in [0.5, 0.6) is 5.75 Å². The van der Waals surface area contributed by atoms with Gasteiger partial charge in [0.25, 0.3) is 0 Å². The predicted molar refractivity (Wildman–Crippen MR) is 81.3 cm³/mol. The van der Waals surface area contributed by atoms with E-state index < -0.39 is 0 Å². The van der Waals surface area contributed by atoms with Crippen LogP contribution < -0.4 is 21.1 Å². The largest absolute Gasteiger partial charge is 0.496 e. The van der Waals surface area contributed by atoms with Gasteiger partial charge in [0.1, 0.15) is 5.75 Å². The molecule has 0 heterocycles. The highest BCUT2D eigenvalue weighted by atomic mass is 79.9. The minimum Gasteiger partial charge on any atom is -0.496 e. The minimum atomic E-state index is -0.121. The second kappa shape index (κ2) is 7.16. The Morgan fingerprint density at radius 1 is 1.47 bits per heavy atom. The van der Waals surface area contributed by atoms with Gasteiger partial charge in [-0.15, -0.1) is 0 Å². The highest BCUT2D eigenvalue weighted by molar-refractivity contribution is 9.11. The third-order valence-electron chi connectivity index (χ3n) is 2.49. The van der Waals surface area contributed by atoms with Crippen LogP contribution in [0, 0.1) is 0 Å². The van der Waals surface area contributed by atoms with E-state index in [9.17, 15) is 4.79 Å². The van der Waals surface area contributed by atoms with Gasteiger partial charge in [-0.1, -0.05) is 15.9 Å². The number of methoxy groups -OCH3 is 1. The summed E-state index contributed by atoms with van der Waals surface area (Å²) >= 11 is 3.43. The molecule has 1 rings (SSSR count). The molecule has 0 fully saturated rings. The summed E-state index contributed by atoms with van der Waals surface area (Å²) in [6.45, 7) is 1.83. The Kier molecular flexibility index (Phi) is 5.85. The van der Waals surface area contributed by atoms with Crippen molar-refractivity contribution in [1.29, 1.82) is 0 Å². The van der Waals surface area contributed by atoms with E-state index in [1.54, 1.807) is 26.3 Å². The lowest BCUT2D eigenvalue weighted by atomic mass is 10.1. The molecule has 0 aliphatic heterocycles. The molecule has 0 radical (unpaired) electrons. The summed E-state index contributed by atoms with van der Waals surface area (Å²) in [6.07, 6.45) is 0. The molecular weight excluding hydrogens is 310 g/mol. The predicted octanol–water partition coefficient (Wildman–Crippen LogP) is 1.90. The van der Waals surface area contributed by atoms with Crippen molar-refractivity contribution in [2.75, 3.05) is 26.0 Å². The second-order valence-corrected chi connectivity index (χ2v) is 4.79. The van der Waals surface area contributed by atoms with Crippen molar-refractivity contribution < 1.29 is 9.53 Å². The maximum Gasteiger partial charge on any atom is 0.221 e. The van der Waals surface area contributed by atoms with Gasteiger partial charge in [0.15, 0.2) is 0 Å². The van der Waals surface area contributed by atoms with Crippen molar-refractivity contribution in [3.63, 3.8) is 0 Å². The number of rotatable bonds is 5. The molecule has 1 aromatic carbocycles. The number of halogens is 1. The third kappa shape index (κ3) is 3.97. The van der Waals surface area contributed by atoms with Gasteiger partial charge in [-0.2, -0.15) is 0 Å². The minimum absolute atomic E-state index is 0.121. The lowest BCUT2D eigenvalue weighted by Crippen LogP contribution is -2.13. The highest BCUT2D eigenvalue weighted by Crippen LogP contribution is 2.30. The lowest BCUT2D eigenvalue weighted by molar-refractivity contribution is -0.114. The zero-order valence-corrected chi connectivity index (χ0v) is 12.8. The summed E-state index contributed by atoms with van der Waals surface area (Å²) in [6, 6.07) is 5.42. The standard InChI is InChI=1S/C13H18BrN3O2/c1-8(18)17-9-4-5-12(19-3)10(6-9)13(16-2)11(14)7-15/h4-6,16H,7,15H2,1-3H3,(H,17,18)/b13-11+. The number of nitrogens with two attached hydrogens (primary N) is 1. The van der Waals surface area contributed by atoms with Crippen LogP contribution in [0.15, 0.2) is 22.7 Å². The van der Waals surface area contributed by atoms with Gasteiger partial charge in [0, 0.05) is 36.2 Å². The quantitative estimate of drug-likeness (QED) is 0.772. The Balaban J connectivity index is 3.33. The molecule has 0 aromatic heterocycles. The van der Waals surface area contributed by atoms with Crippen LogP contribution in [0.4, 0.5) is 5.69 Å². The topological polar surface area (TPSA) is 76.4 Å². The first-order chi connectivity index (χ1) is 9.03. The van der Waals surface area contributed by atoms with Crippen LogP contribution in [0.1, 0.15) is 12.5 Å². The molecule has 0 saturated heterocycles. The molecular formula is C13H18BrN3O2. The number of carbonyl (C=O) groups is 1. The number of anilines is 1. The average Bonchev–Trinajstić information content (AvgIpc) is 2.39. The van der Waals surface area contributed by atoms with Gasteiger partial charge < -0.3 is 21.1 Å². The van der Waals surface area contributed by atoms with Crippen LogP contribution in [0.2, 0.25) is 0 Å². The molecule has 0 unspecified atom stereocenters. The van der Waals surface area contributed by atoms with Gasteiger partial charge in [-0.05, 0) is 18.2 Å². The zero-order valence-electron chi connectivity index (χ0n) is 11.2. The average molecular weight is 328 g/mol. The van der Waals surface area contributed by atoms with Crippen molar-refractivity contribution in [2.45, 2.75) is 6.92 Å². The number of hydrogen-bond donors (Lipinski definition) is 3. The Bertz CT molecular complexity index is 501. The molecule has 0 bridgehead atoms. The number of amides is 1. The Hall–Kier alpha value is -1.53. The smallest absolute Gasteiger partial charge is 0.221 e. The Morgan fingerprint density at radius 3 is 2.63 bits per heavy atom. The molecule has 104 valence electrons. The third-order valence-corrected chi connectivity index (χ3v) is 3.21. The van der Waals surface area contributed by atoms with E-state index in [2.05, 4.69) is 26.6 Å². The van der Waals surface area contributed by atoms with Gasteiger partial charge in [-0.25, -0.2) is 0 Å². The van der Waals surface area contributed by atoms with E-state index in [0.29, 0.717) is 18.0 Å². The van der Waals surface area contributed by atoms with Crippen molar-refractivity contribution in [1.82, 2.24) is 5.32 Å². The summed E-state index contributed by atoms with van der Waals surface area (Å²) in [5, 5.41) is 5.83. The van der Waals surface area contributed by atoms with E-state index in [1.165, 1.54) is 6.92 Å². The number of hydrogen-bond acceptors (Lipinski definition) is 4. The lowest BCUT2D eigenvalue weighted by Gasteiger charge is -2.15. The number of nitrogens with one attached hydrogen (secondary N) is 2. The molecule has 0 spiro atoms. The zero-order chi connectivity index (χ0) is 14.4. The van der Waals surface area contributed by atoms with E-state index in [0.717, 1.165) is 15.7 Å². The molecule has 6 heteroatoms. The maximum absolute atomic E-state index is 11.1. The molecule has 0 aliphatic rings. The van der Waals surface area contributed by atoms with Crippen molar-refractivity contribution in [2.24, 2.45) is 5.73 Å². The first-order valence-electron chi connectivity index (χ1n) is 5.76. The fourth-order valence-corrected chi connectivity index (χ4v) is 2.11. The van der Waals surface area contributed by atoms with Crippen LogP contribution >= 0.6 is 15.9 Å². The summed E-state index contributed by atoms with van der Waals surface area (Å²) in [4.78, 5) is 11.1. The SMILES string of the molecule is CN/C(=C(/Br)CN)c1cc(NC(C)=O)ccc1OC. The van der Waals surface area contributed by atoms with Crippen molar-refractivity contribution in [3.05, 3.63) is 28.2 Å². The molecule has 0 aliphatic carbocycles. The summed E-state index contributed by atoms with van der Waals surface area (Å²) in [7, 11) is 3.40. The van der Waals surface area contributed by atoms with Crippen molar-refractivity contribution >= 4 is 33.2 Å². The van der Waals surface area contributed by atoms with Crippen LogP contribution in [0.3, 0.4) is 0 Å². The molecule has 5 nitrogen and oxygen atoms in total. The van der Waals surface area contributed by atoms with E-state index >= 15 is 0 Å². The normalized spacial score (nSPS) is 11.6. The first kappa shape index (κ1) is 15.5. The molecule has 1 aromatic rings. The summed E-state index contributed by atoms with van der Waals surface area (Å²) in [5.41, 5.74) is 8.00. The molecule has 1 amide bonds. The van der Waals surface area contributed by atoms with Crippen LogP contribution in [-0.4, -0.2) is 26.6 Å². The maximum atomic E-state index is 11.1. The summed E-state index contributed by atoms with van der Waals surface area (Å²) in [5.74, 6) is 0.577. The van der Waals surface area contributed by atoms with Gasteiger partial charge >= 0.3 is 0 Å². The number of ether oxygens (including phenoxy) is 1. The molecule has 0 saturated carbocycles. The Morgan fingerprint density at radius 2 is 2.16 bits per heavy atom. The first-order valence-corrected chi connectivity index (χ1v) is 6.55. The van der Waals surface area contributed by atoms with Gasteiger partial charge in [0.05, 0.1) is 12.8 Å². The van der Waals surface area contributed by atoms with E-state index in [-0.39, 0.29) is 5.91 Å². The second-order valence-electron chi connectivity index (χ2n) is 3.83. The number of benzene rings is 1. The highest BCUT2D eigenvalue weighted by Gasteiger charge is 2.12. The monoisotopic (exact) mass is 327 g/mol. The molecule has 4 N–H and O–H groups in total. The van der Waals surface area contributed by atoms with Crippen LogP contribution in [-0.2, 0) is 4.79 Å². The van der Waals surface area contributed by atoms with E-state index in [1.807, 2.05) is 6.07 Å². The molecule has 0 atom stereocenters.